The molecule has 0 aliphatic rings. The molecule has 0 aliphatic heterocycles. The van der Waals surface area contributed by atoms with Crippen molar-refractivity contribution in [3.8, 4) is 11.5 Å². The van der Waals surface area contributed by atoms with Crippen LogP contribution in [0.25, 0.3) is 0 Å². The summed E-state index contributed by atoms with van der Waals surface area (Å²) in [5.41, 5.74) is 0.619. The highest BCUT2D eigenvalue weighted by Crippen LogP contribution is 2.27. The number of carbonyl (C=O) groups excluding carboxylic acids is 2. The van der Waals surface area contributed by atoms with Crippen LogP contribution in [-0.2, 0) is 9.53 Å². The number of halogens is 1. The quantitative estimate of drug-likeness (QED) is 0.576. The van der Waals surface area contributed by atoms with E-state index in [1.54, 1.807) is 12.1 Å². The molecule has 0 spiro atoms. The molecule has 150 valence electrons. The Morgan fingerprint density at radius 2 is 1.93 bits per heavy atom. The number of esters is 1. The Kier molecular flexibility index (Phi) is 6.46. The van der Waals surface area contributed by atoms with Gasteiger partial charge in [-0.3, -0.25) is 4.79 Å². The summed E-state index contributed by atoms with van der Waals surface area (Å²) in [5.74, 6) is -1.67. The zero-order chi connectivity index (χ0) is 20.8. The van der Waals surface area contributed by atoms with Crippen molar-refractivity contribution < 1.29 is 28.6 Å². The molecule has 0 radical (unpaired) electrons. The van der Waals surface area contributed by atoms with Gasteiger partial charge in [0.15, 0.2) is 6.61 Å². The summed E-state index contributed by atoms with van der Waals surface area (Å²) in [6, 6.07) is 13.1. The fourth-order valence-electron chi connectivity index (χ4n) is 2.65. The van der Waals surface area contributed by atoms with Gasteiger partial charge in [-0.15, -0.1) is 11.3 Å². The maximum atomic E-state index is 13.2. The number of hydrogen-bond donors (Lipinski definition) is 2. The maximum absolute atomic E-state index is 13.2. The Labute approximate surface area is 170 Å². The zero-order valence-corrected chi connectivity index (χ0v) is 16.2. The molecule has 0 fully saturated rings. The SMILES string of the molecule is COc1ccc(C(=O)OCC(=O)N[C@@H](c2ccc(F)cc2)c2cccs2)c(O)c1. The smallest absolute Gasteiger partial charge is 0.342 e. The minimum Gasteiger partial charge on any atom is -0.507 e. The third-order valence-corrected chi connectivity index (χ3v) is 5.03. The van der Waals surface area contributed by atoms with Gasteiger partial charge in [0.2, 0.25) is 0 Å². The molecule has 29 heavy (non-hydrogen) atoms. The lowest BCUT2D eigenvalue weighted by atomic mass is 10.1. The van der Waals surface area contributed by atoms with Gasteiger partial charge < -0.3 is 19.9 Å². The van der Waals surface area contributed by atoms with E-state index in [4.69, 9.17) is 9.47 Å². The third kappa shape index (κ3) is 5.11. The lowest BCUT2D eigenvalue weighted by Crippen LogP contribution is -2.32. The second-order valence-electron chi connectivity index (χ2n) is 6.03. The van der Waals surface area contributed by atoms with E-state index >= 15 is 0 Å². The van der Waals surface area contributed by atoms with Crippen LogP contribution in [0.1, 0.15) is 26.8 Å². The summed E-state index contributed by atoms with van der Waals surface area (Å²) < 4.78 is 23.2. The Morgan fingerprint density at radius 3 is 2.55 bits per heavy atom. The van der Waals surface area contributed by atoms with Crippen LogP contribution in [0, 0.1) is 5.82 Å². The van der Waals surface area contributed by atoms with Crippen molar-refractivity contribution in [2.24, 2.45) is 0 Å². The summed E-state index contributed by atoms with van der Waals surface area (Å²) in [5, 5.41) is 14.5. The number of aromatic hydroxyl groups is 1. The van der Waals surface area contributed by atoms with Gasteiger partial charge in [0.25, 0.3) is 5.91 Å². The topological polar surface area (TPSA) is 84.9 Å². The van der Waals surface area contributed by atoms with Gasteiger partial charge in [0, 0.05) is 10.9 Å². The molecule has 3 aromatic rings. The Balaban J connectivity index is 1.66. The lowest BCUT2D eigenvalue weighted by Gasteiger charge is -2.18. The molecule has 0 unspecified atom stereocenters. The van der Waals surface area contributed by atoms with E-state index in [-0.39, 0.29) is 17.1 Å². The summed E-state index contributed by atoms with van der Waals surface area (Å²) >= 11 is 1.44. The molecule has 2 N–H and O–H groups in total. The summed E-state index contributed by atoms with van der Waals surface area (Å²) in [6.07, 6.45) is 0. The zero-order valence-electron chi connectivity index (χ0n) is 15.4. The largest absolute Gasteiger partial charge is 0.507 e. The Hall–Kier alpha value is -3.39. The molecule has 1 amide bonds. The maximum Gasteiger partial charge on any atom is 0.342 e. The standard InChI is InChI=1S/C21H18FNO5S/c1-27-15-8-9-16(17(24)11-15)21(26)28-12-19(25)23-20(18-3-2-10-29-18)13-4-6-14(22)7-5-13/h2-11,20,24H,12H2,1H3,(H,23,25)/t20-/m0/s1. The molecule has 0 saturated heterocycles. The predicted molar refractivity (Wildman–Crippen MR) is 106 cm³/mol. The molecular formula is C21H18FNO5S. The molecule has 0 bridgehead atoms. The third-order valence-electron chi connectivity index (χ3n) is 4.10. The number of amides is 1. The number of nitrogens with one attached hydrogen (secondary N) is 1. The van der Waals surface area contributed by atoms with Gasteiger partial charge in [-0.05, 0) is 41.3 Å². The van der Waals surface area contributed by atoms with Gasteiger partial charge in [-0.25, -0.2) is 9.18 Å². The molecule has 3 rings (SSSR count). The van der Waals surface area contributed by atoms with Gasteiger partial charge >= 0.3 is 5.97 Å². The van der Waals surface area contributed by atoms with E-state index in [0.717, 1.165) is 4.88 Å². The number of phenols is 1. The fraction of sp³-hybridized carbons (Fsp3) is 0.143. The van der Waals surface area contributed by atoms with Crippen LogP contribution in [0.5, 0.6) is 11.5 Å². The number of methoxy groups -OCH3 is 1. The number of carbonyl (C=O) groups is 2. The average molecular weight is 415 g/mol. The van der Waals surface area contributed by atoms with Gasteiger partial charge in [0.1, 0.15) is 22.9 Å². The summed E-state index contributed by atoms with van der Waals surface area (Å²) in [6.45, 7) is -0.534. The second kappa shape index (κ2) is 9.20. The first-order valence-electron chi connectivity index (χ1n) is 8.60. The molecule has 2 aromatic carbocycles. The van der Waals surface area contributed by atoms with E-state index in [1.165, 1.54) is 48.8 Å². The number of thiophene rings is 1. The number of ether oxygens (including phenoxy) is 2. The molecular weight excluding hydrogens is 397 g/mol. The molecule has 1 atom stereocenters. The van der Waals surface area contributed by atoms with Crippen molar-refractivity contribution in [2.45, 2.75) is 6.04 Å². The Morgan fingerprint density at radius 1 is 1.17 bits per heavy atom. The van der Waals surface area contributed by atoms with Crippen LogP contribution in [0.2, 0.25) is 0 Å². The number of phenolic OH excluding ortho intramolecular Hbond substituents is 1. The van der Waals surface area contributed by atoms with Crippen LogP contribution >= 0.6 is 11.3 Å². The van der Waals surface area contributed by atoms with Crippen molar-refractivity contribution in [3.05, 3.63) is 81.8 Å². The highest BCUT2D eigenvalue weighted by atomic mass is 32.1. The highest BCUT2D eigenvalue weighted by molar-refractivity contribution is 7.10. The normalized spacial score (nSPS) is 11.5. The molecule has 6 nitrogen and oxygen atoms in total. The number of hydrogen-bond acceptors (Lipinski definition) is 6. The van der Waals surface area contributed by atoms with Gasteiger partial charge in [0.05, 0.1) is 13.2 Å². The van der Waals surface area contributed by atoms with E-state index in [2.05, 4.69) is 5.32 Å². The number of benzene rings is 2. The minimum absolute atomic E-state index is 0.0769. The predicted octanol–water partition coefficient (Wildman–Crippen LogP) is 3.66. The van der Waals surface area contributed by atoms with Crippen molar-refractivity contribution in [2.75, 3.05) is 13.7 Å². The highest BCUT2D eigenvalue weighted by Gasteiger charge is 2.20. The Bertz CT molecular complexity index is 989. The monoisotopic (exact) mass is 415 g/mol. The van der Waals surface area contributed by atoms with Crippen LogP contribution < -0.4 is 10.1 Å². The van der Waals surface area contributed by atoms with Crippen molar-refractivity contribution in [3.63, 3.8) is 0 Å². The molecule has 1 aromatic heterocycles. The van der Waals surface area contributed by atoms with E-state index in [1.807, 2.05) is 17.5 Å². The first kappa shape index (κ1) is 20.3. The van der Waals surface area contributed by atoms with Crippen LogP contribution in [0.15, 0.2) is 60.0 Å². The second-order valence-corrected chi connectivity index (χ2v) is 7.01. The van der Waals surface area contributed by atoms with Gasteiger partial charge in [-0.2, -0.15) is 0 Å². The minimum atomic E-state index is -0.838. The van der Waals surface area contributed by atoms with E-state index < -0.39 is 24.5 Å². The molecule has 8 heteroatoms. The molecule has 0 saturated carbocycles. The van der Waals surface area contributed by atoms with Crippen LogP contribution in [0.3, 0.4) is 0 Å². The van der Waals surface area contributed by atoms with Crippen molar-refractivity contribution in [1.29, 1.82) is 0 Å². The van der Waals surface area contributed by atoms with Crippen molar-refractivity contribution >= 4 is 23.2 Å². The average Bonchev–Trinajstić information content (AvgIpc) is 3.25. The van der Waals surface area contributed by atoms with E-state index in [0.29, 0.717) is 11.3 Å². The lowest BCUT2D eigenvalue weighted by molar-refractivity contribution is -0.124. The molecule has 0 aliphatic carbocycles. The number of rotatable bonds is 7. The summed E-state index contributed by atoms with van der Waals surface area (Å²) in [4.78, 5) is 25.4. The first-order chi connectivity index (χ1) is 14.0. The van der Waals surface area contributed by atoms with E-state index in [9.17, 15) is 19.1 Å². The van der Waals surface area contributed by atoms with Gasteiger partial charge in [-0.1, -0.05) is 18.2 Å². The first-order valence-corrected chi connectivity index (χ1v) is 9.48. The fourth-order valence-corrected chi connectivity index (χ4v) is 3.45. The summed E-state index contributed by atoms with van der Waals surface area (Å²) in [7, 11) is 1.43. The van der Waals surface area contributed by atoms with Crippen LogP contribution in [-0.4, -0.2) is 30.7 Å². The van der Waals surface area contributed by atoms with Crippen LogP contribution in [0.4, 0.5) is 4.39 Å². The molecule has 1 heterocycles. The van der Waals surface area contributed by atoms with Crippen molar-refractivity contribution in [1.82, 2.24) is 5.32 Å².